The van der Waals surface area contributed by atoms with Crippen molar-refractivity contribution in [1.29, 1.82) is 0 Å². The summed E-state index contributed by atoms with van der Waals surface area (Å²) in [6, 6.07) is 0. The summed E-state index contributed by atoms with van der Waals surface area (Å²) >= 11 is 0. The Kier molecular flexibility index (Phi) is 4.32. The molecule has 26 heavy (non-hydrogen) atoms. The van der Waals surface area contributed by atoms with Crippen LogP contribution in [0.15, 0.2) is 23.2 Å². The second kappa shape index (κ2) is 5.91. The van der Waals surface area contributed by atoms with Crippen LogP contribution in [0.2, 0.25) is 0 Å². The molecule has 1 atom stereocenters. The van der Waals surface area contributed by atoms with E-state index in [0.29, 0.717) is 6.08 Å². The van der Waals surface area contributed by atoms with Gasteiger partial charge < -0.3 is 25.5 Å². The summed E-state index contributed by atoms with van der Waals surface area (Å²) in [5, 5.41) is 55.5. The lowest BCUT2D eigenvalue weighted by Crippen LogP contribution is -2.45. The van der Waals surface area contributed by atoms with E-state index in [1.165, 1.54) is 6.92 Å². The molecule has 0 aliphatic heterocycles. The van der Waals surface area contributed by atoms with Crippen LogP contribution in [-0.2, 0) is 15.0 Å². The smallest absolute Gasteiger partial charge is 0.168 e. The number of phenols is 3. The number of benzene rings is 1. The second-order valence-corrected chi connectivity index (χ2v) is 6.24. The van der Waals surface area contributed by atoms with Gasteiger partial charge in [-0.3, -0.25) is 14.4 Å². The van der Waals surface area contributed by atoms with E-state index in [4.69, 9.17) is 0 Å². The van der Waals surface area contributed by atoms with Crippen LogP contribution in [0, 0.1) is 6.92 Å². The summed E-state index contributed by atoms with van der Waals surface area (Å²) in [6.07, 6.45) is 0.534. The molecule has 1 aromatic carbocycles. The minimum Gasteiger partial charge on any atom is -0.874 e. The first-order chi connectivity index (χ1) is 11.9. The van der Waals surface area contributed by atoms with Gasteiger partial charge in [0.2, 0.25) is 0 Å². The highest BCUT2D eigenvalue weighted by Gasteiger charge is 2.43. The predicted molar refractivity (Wildman–Crippen MR) is 84.3 cm³/mol. The second-order valence-electron chi connectivity index (χ2n) is 6.24. The Hall–Kier alpha value is -3.29. The van der Waals surface area contributed by atoms with Crippen LogP contribution in [0.25, 0.3) is 0 Å². The predicted octanol–water partition coefficient (Wildman–Crippen LogP) is -0.398. The monoisotopic (exact) mass is 360 g/mol. The summed E-state index contributed by atoms with van der Waals surface area (Å²) in [5.41, 5.74) is -4.56. The van der Waals surface area contributed by atoms with Gasteiger partial charge >= 0.3 is 0 Å². The molecule has 0 amide bonds. The number of allylic oxidation sites excluding steroid dienone is 3. The molecule has 8 heteroatoms. The first kappa shape index (κ1) is 19.0. The van der Waals surface area contributed by atoms with Gasteiger partial charge in [-0.2, -0.15) is 0 Å². The first-order valence-electron chi connectivity index (χ1n) is 7.52. The van der Waals surface area contributed by atoms with E-state index >= 15 is 0 Å². The molecule has 2 rings (SSSR count). The van der Waals surface area contributed by atoms with E-state index in [1.807, 2.05) is 0 Å². The number of rotatable bonds is 3. The number of aromatic hydroxyl groups is 3. The molecule has 0 saturated carbocycles. The lowest BCUT2D eigenvalue weighted by Gasteiger charge is -2.42. The lowest BCUT2D eigenvalue weighted by molar-refractivity contribution is -0.326. The van der Waals surface area contributed by atoms with E-state index in [1.54, 1.807) is 0 Å². The van der Waals surface area contributed by atoms with Gasteiger partial charge in [0.25, 0.3) is 0 Å². The zero-order chi connectivity index (χ0) is 20.1. The highest BCUT2D eigenvalue weighted by molar-refractivity contribution is 6.11. The molecule has 1 aromatic rings. The van der Waals surface area contributed by atoms with Gasteiger partial charge in [0, 0.05) is 5.56 Å². The molecule has 0 spiro atoms. The SMILES string of the molecule is CC(=O)C1=C([O-])C(C)(c2c(O)c(C)c(O)c(C(C)=O)c2O)C(=O)C=C1[O-]. The van der Waals surface area contributed by atoms with Gasteiger partial charge in [0.1, 0.15) is 22.8 Å². The highest BCUT2D eigenvalue weighted by atomic mass is 16.3. The van der Waals surface area contributed by atoms with Gasteiger partial charge in [-0.25, -0.2) is 0 Å². The third-order valence-electron chi connectivity index (χ3n) is 4.54. The average molecular weight is 360 g/mol. The van der Waals surface area contributed by atoms with Crippen LogP contribution in [0.4, 0.5) is 0 Å². The third kappa shape index (κ3) is 2.33. The van der Waals surface area contributed by atoms with Crippen LogP contribution in [0.5, 0.6) is 17.2 Å². The largest absolute Gasteiger partial charge is 0.874 e. The van der Waals surface area contributed by atoms with Crippen molar-refractivity contribution < 1.29 is 39.9 Å². The zero-order valence-electron chi connectivity index (χ0n) is 14.5. The Morgan fingerprint density at radius 3 is 2.00 bits per heavy atom. The van der Waals surface area contributed by atoms with Crippen molar-refractivity contribution in [1.82, 2.24) is 0 Å². The van der Waals surface area contributed by atoms with Crippen LogP contribution in [0.1, 0.15) is 42.3 Å². The Morgan fingerprint density at radius 1 is 1.00 bits per heavy atom. The molecule has 0 radical (unpaired) electrons. The highest BCUT2D eigenvalue weighted by Crippen LogP contribution is 2.50. The number of hydrogen-bond acceptors (Lipinski definition) is 8. The first-order valence-corrected chi connectivity index (χ1v) is 7.52. The van der Waals surface area contributed by atoms with Crippen molar-refractivity contribution in [2.75, 3.05) is 0 Å². The molecule has 1 aliphatic rings. The van der Waals surface area contributed by atoms with E-state index in [-0.39, 0.29) is 5.56 Å². The minimum absolute atomic E-state index is 0.244. The fourth-order valence-electron chi connectivity index (χ4n) is 3.02. The Labute approximate surface area is 148 Å². The molecule has 0 bridgehead atoms. The average Bonchev–Trinajstić information content (AvgIpc) is 2.50. The van der Waals surface area contributed by atoms with Gasteiger partial charge in [0.15, 0.2) is 17.3 Å². The van der Waals surface area contributed by atoms with E-state index in [2.05, 4.69) is 0 Å². The zero-order valence-corrected chi connectivity index (χ0v) is 14.5. The van der Waals surface area contributed by atoms with Crippen LogP contribution < -0.4 is 10.2 Å². The Morgan fingerprint density at radius 2 is 1.54 bits per heavy atom. The summed E-state index contributed by atoms with van der Waals surface area (Å²) in [4.78, 5) is 36.0. The summed E-state index contributed by atoms with van der Waals surface area (Å²) in [6.45, 7) is 4.24. The van der Waals surface area contributed by atoms with Crippen molar-refractivity contribution in [2.45, 2.75) is 33.1 Å². The number of phenolic OH excluding ortho intramolecular Hbond substituents is 3. The molecular weight excluding hydrogens is 344 g/mol. The van der Waals surface area contributed by atoms with Crippen molar-refractivity contribution in [3.05, 3.63) is 39.9 Å². The number of hydrogen-bond donors (Lipinski definition) is 3. The summed E-state index contributed by atoms with van der Waals surface area (Å²) in [5.74, 6) is -7.45. The van der Waals surface area contributed by atoms with Crippen LogP contribution >= 0.6 is 0 Å². The molecule has 0 aromatic heterocycles. The number of ketones is 3. The third-order valence-corrected chi connectivity index (χ3v) is 4.54. The lowest BCUT2D eigenvalue weighted by atomic mass is 9.70. The van der Waals surface area contributed by atoms with Gasteiger partial charge in [-0.15, -0.1) is 5.76 Å². The molecule has 138 valence electrons. The molecule has 1 aliphatic carbocycles. The number of carbonyl (C=O) groups is 3. The maximum absolute atomic E-state index is 12.8. The van der Waals surface area contributed by atoms with Gasteiger partial charge in [-0.1, -0.05) is 5.76 Å². The Balaban J connectivity index is 3.02. The molecule has 3 N–H and O–H groups in total. The van der Waals surface area contributed by atoms with E-state index < -0.39 is 68.2 Å². The van der Waals surface area contributed by atoms with E-state index in [9.17, 15) is 39.9 Å². The maximum Gasteiger partial charge on any atom is 0.168 e. The number of carbonyl (C=O) groups excluding carboxylic acids is 3. The minimum atomic E-state index is -2.31. The molecular formula is C18H16O8-2. The molecule has 0 heterocycles. The van der Waals surface area contributed by atoms with Crippen LogP contribution in [0.3, 0.4) is 0 Å². The van der Waals surface area contributed by atoms with Crippen molar-refractivity contribution in [2.24, 2.45) is 0 Å². The van der Waals surface area contributed by atoms with Crippen molar-refractivity contribution in [3.63, 3.8) is 0 Å². The fourth-order valence-corrected chi connectivity index (χ4v) is 3.02. The van der Waals surface area contributed by atoms with Crippen molar-refractivity contribution >= 4 is 17.3 Å². The Bertz CT molecular complexity index is 935. The normalized spacial score (nSPS) is 20.2. The van der Waals surface area contributed by atoms with Crippen molar-refractivity contribution in [3.8, 4) is 17.2 Å². The maximum atomic E-state index is 12.8. The van der Waals surface area contributed by atoms with E-state index in [0.717, 1.165) is 20.8 Å². The number of Topliss-reactive ketones (excluding diaryl/α,β-unsaturated/α-hetero) is 2. The standard InChI is InChI=1S/C18H18O8/c1-6-14(23)12(8(3)20)16(25)13(15(6)24)18(4)10(22)5-9(21)11(7(2)19)17(18)26/h5,21,23-26H,1-4H3/p-2. The van der Waals surface area contributed by atoms with Gasteiger partial charge in [0.05, 0.1) is 11.0 Å². The molecule has 1 unspecified atom stereocenters. The fraction of sp³-hybridized carbons (Fsp3) is 0.278. The molecule has 0 fully saturated rings. The summed E-state index contributed by atoms with van der Waals surface area (Å²) < 4.78 is 0. The summed E-state index contributed by atoms with van der Waals surface area (Å²) in [7, 11) is 0. The van der Waals surface area contributed by atoms with Crippen LogP contribution in [-0.4, -0.2) is 32.7 Å². The van der Waals surface area contributed by atoms with Gasteiger partial charge in [-0.05, 0) is 39.3 Å². The topological polar surface area (TPSA) is 158 Å². The molecule has 8 nitrogen and oxygen atoms in total. The quantitative estimate of drug-likeness (QED) is 0.614. The molecule has 0 saturated heterocycles.